The monoisotopic (exact) mass is 210 g/mol. The summed E-state index contributed by atoms with van der Waals surface area (Å²) in [6.07, 6.45) is 9.64. The number of aldehydes is 1. The fourth-order valence-corrected chi connectivity index (χ4v) is 1.24. The Bertz CT molecular complexity index is 489. The number of pyridine rings is 2. The highest BCUT2D eigenvalue weighted by atomic mass is 16.1. The summed E-state index contributed by atoms with van der Waals surface area (Å²) in [6, 6.07) is 7.38. The van der Waals surface area contributed by atoms with Crippen molar-refractivity contribution in [1.29, 1.82) is 0 Å². The summed E-state index contributed by atoms with van der Waals surface area (Å²) in [7, 11) is 0. The Morgan fingerprint density at radius 1 is 1.00 bits per heavy atom. The molecule has 3 nitrogen and oxygen atoms in total. The second-order valence-electron chi connectivity index (χ2n) is 3.25. The van der Waals surface area contributed by atoms with Gasteiger partial charge in [0.05, 0.1) is 5.69 Å². The van der Waals surface area contributed by atoms with Crippen LogP contribution in [-0.2, 0) is 0 Å². The highest BCUT2D eigenvalue weighted by Crippen LogP contribution is 2.05. The summed E-state index contributed by atoms with van der Waals surface area (Å²) in [5.74, 6) is 0. The van der Waals surface area contributed by atoms with Crippen LogP contribution in [0.15, 0.2) is 42.9 Å². The first kappa shape index (κ1) is 10.2. The third-order valence-electron chi connectivity index (χ3n) is 2.08. The van der Waals surface area contributed by atoms with Crippen molar-refractivity contribution in [1.82, 2.24) is 9.97 Å². The lowest BCUT2D eigenvalue weighted by Gasteiger charge is -1.93. The van der Waals surface area contributed by atoms with Gasteiger partial charge in [0.25, 0.3) is 0 Å². The summed E-state index contributed by atoms with van der Waals surface area (Å²) in [5, 5.41) is 0. The van der Waals surface area contributed by atoms with E-state index in [9.17, 15) is 4.79 Å². The zero-order valence-corrected chi connectivity index (χ0v) is 8.58. The molecule has 0 saturated heterocycles. The van der Waals surface area contributed by atoms with E-state index in [1.165, 1.54) is 0 Å². The molecule has 2 aromatic rings. The lowest BCUT2D eigenvalue weighted by Crippen LogP contribution is -1.84. The molecule has 0 saturated carbocycles. The third-order valence-corrected chi connectivity index (χ3v) is 2.08. The fourth-order valence-electron chi connectivity index (χ4n) is 1.24. The molecule has 0 aliphatic carbocycles. The second kappa shape index (κ2) is 4.98. The van der Waals surface area contributed by atoms with Crippen LogP contribution >= 0.6 is 0 Å². The topological polar surface area (TPSA) is 42.9 Å². The highest BCUT2D eigenvalue weighted by Gasteiger charge is 1.91. The summed E-state index contributed by atoms with van der Waals surface area (Å²) in [4.78, 5) is 18.6. The third kappa shape index (κ3) is 2.60. The average Bonchev–Trinajstić information content (AvgIpc) is 2.38. The molecule has 3 heteroatoms. The van der Waals surface area contributed by atoms with E-state index in [0.29, 0.717) is 5.56 Å². The van der Waals surface area contributed by atoms with E-state index in [1.54, 1.807) is 30.7 Å². The Labute approximate surface area is 93.5 Å². The zero-order valence-electron chi connectivity index (χ0n) is 8.58. The number of nitrogens with zero attached hydrogens (tertiary/aromatic N) is 2. The maximum absolute atomic E-state index is 10.4. The molecular formula is C13H10N2O. The zero-order chi connectivity index (χ0) is 11.2. The molecule has 2 heterocycles. The average molecular weight is 210 g/mol. The smallest absolute Gasteiger partial charge is 0.151 e. The molecule has 0 aliphatic rings. The molecule has 0 unspecified atom stereocenters. The minimum atomic E-state index is 0.582. The van der Waals surface area contributed by atoms with Crippen molar-refractivity contribution in [2.75, 3.05) is 0 Å². The van der Waals surface area contributed by atoms with Crippen molar-refractivity contribution < 1.29 is 4.79 Å². The maximum atomic E-state index is 10.4. The highest BCUT2D eigenvalue weighted by molar-refractivity contribution is 5.75. The van der Waals surface area contributed by atoms with Crippen molar-refractivity contribution in [2.45, 2.75) is 0 Å². The van der Waals surface area contributed by atoms with Crippen molar-refractivity contribution in [3.05, 3.63) is 59.7 Å². The molecule has 2 rings (SSSR count). The predicted molar refractivity (Wildman–Crippen MR) is 62.8 cm³/mol. The molecule has 0 bridgehead atoms. The van der Waals surface area contributed by atoms with Gasteiger partial charge in [0.2, 0.25) is 0 Å². The lowest BCUT2D eigenvalue weighted by atomic mass is 10.2. The SMILES string of the molecule is O=Cc1ccc(/C=C/c2cccnc2)nc1. The number of hydrogen-bond donors (Lipinski definition) is 0. The minimum Gasteiger partial charge on any atom is -0.298 e. The van der Waals surface area contributed by atoms with Gasteiger partial charge in [0.15, 0.2) is 6.29 Å². The first-order valence-corrected chi connectivity index (χ1v) is 4.88. The summed E-state index contributed by atoms with van der Waals surface area (Å²) >= 11 is 0. The van der Waals surface area contributed by atoms with E-state index < -0.39 is 0 Å². The molecule has 0 amide bonds. The Morgan fingerprint density at radius 2 is 1.94 bits per heavy atom. The van der Waals surface area contributed by atoms with Gasteiger partial charge in [-0.05, 0) is 29.8 Å². The van der Waals surface area contributed by atoms with Crippen LogP contribution in [0.4, 0.5) is 0 Å². The molecule has 0 aromatic carbocycles. The quantitative estimate of drug-likeness (QED) is 0.731. The Morgan fingerprint density at radius 3 is 2.56 bits per heavy atom. The molecule has 78 valence electrons. The van der Waals surface area contributed by atoms with Crippen LogP contribution in [0.2, 0.25) is 0 Å². The van der Waals surface area contributed by atoms with Crippen LogP contribution in [0.3, 0.4) is 0 Å². The Balaban J connectivity index is 2.14. The maximum Gasteiger partial charge on any atom is 0.151 e. The largest absolute Gasteiger partial charge is 0.298 e. The van der Waals surface area contributed by atoms with Gasteiger partial charge in [0.1, 0.15) is 0 Å². The van der Waals surface area contributed by atoms with Crippen molar-refractivity contribution in [3.63, 3.8) is 0 Å². The standard InChI is InChI=1S/C13H10N2O/c16-10-12-4-6-13(15-9-12)5-3-11-2-1-7-14-8-11/h1-10H/b5-3+. The molecule has 0 radical (unpaired) electrons. The van der Waals surface area contributed by atoms with Gasteiger partial charge in [0, 0.05) is 24.2 Å². The van der Waals surface area contributed by atoms with E-state index in [1.807, 2.05) is 24.3 Å². The first-order chi connectivity index (χ1) is 7.88. The van der Waals surface area contributed by atoms with E-state index in [4.69, 9.17) is 0 Å². The van der Waals surface area contributed by atoms with Gasteiger partial charge in [-0.2, -0.15) is 0 Å². The van der Waals surface area contributed by atoms with Gasteiger partial charge in [-0.1, -0.05) is 12.1 Å². The summed E-state index contributed by atoms with van der Waals surface area (Å²) < 4.78 is 0. The van der Waals surface area contributed by atoms with Crippen molar-refractivity contribution in [2.24, 2.45) is 0 Å². The fraction of sp³-hybridized carbons (Fsp3) is 0. The van der Waals surface area contributed by atoms with Gasteiger partial charge in [-0.15, -0.1) is 0 Å². The number of carbonyl (C=O) groups excluding carboxylic acids is 1. The molecule has 0 aliphatic heterocycles. The number of carbonyl (C=O) groups is 1. The molecule has 0 fully saturated rings. The van der Waals surface area contributed by atoms with Crippen LogP contribution in [0.1, 0.15) is 21.6 Å². The van der Waals surface area contributed by atoms with Gasteiger partial charge >= 0.3 is 0 Å². The first-order valence-electron chi connectivity index (χ1n) is 4.88. The van der Waals surface area contributed by atoms with Crippen LogP contribution in [-0.4, -0.2) is 16.3 Å². The molecule has 16 heavy (non-hydrogen) atoms. The minimum absolute atomic E-state index is 0.582. The summed E-state index contributed by atoms with van der Waals surface area (Å²) in [6.45, 7) is 0. The molecule has 0 spiro atoms. The van der Waals surface area contributed by atoms with Gasteiger partial charge in [-0.3, -0.25) is 14.8 Å². The number of hydrogen-bond acceptors (Lipinski definition) is 3. The van der Waals surface area contributed by atoms with Crippen LogP contribution in [0.25, 0.3) is 12.2 Å². The van der Waals surface area contributed by atoms with Crippen molar-refractivity contribution >= 4 is 18.4 Å². The number of aromatic nitrogens is 2. The second-order valence-corrected chi connectivity index (χ2v) is 3.25. The summed E-state index contributed by atoms with van der Waals surface area (Å²) in [5.41, 5.74) is 2.41. The van der Waals surface area contributed by atoms with Gasteiger partial charge < -0.3 is 0 Å². The number of rotatable bonds is 3. The van der Waals surface area contributed by atoms with E-state index in [-0.39, 0.29) is 0 Å². The Kier molecular flexibility index (Phi) is 3.18. The molecule has 0 atom stereocenters. The van der Waals surface area contributed by atoms with E-state index >= 15 is 0 Å². The van der Waals surface area contributed by atoms with Crippen molar-refractivity contribution in [3.8, 4) is 0 Å². The molecule has 0 N–H and O–H groups in total. The van der Waals surface area contributed by atoms with Crippen LogP contribution in [0.5, 0.6) is 0 Å². The van der Waals surface area contributed by atoms with Gasteiger partial charge in [-0.25, -0.2) is 0 Å². The predicted octanol–water partition coefficient (Wildman–Crippen LogP) is 2.46. The van der Waals surface area contributed by atoms with E-state index in [2.05, 4.69) is 9.97 Å². The van der Waals surface area contributed by atoms with E-state index in [0.717, 1.165) is 17.5 Å². The normalized spacial score (nSPS) is 10.5. The molecule has 2 aromatic heterocycles. The van der Waals surface area contributed by atoms with Crippen LogP contribution in [0, 0.1) is 0 Å². The molecular weight excluding hydrogens is 200 g/mol. The van der Waals surface area contributed by atoms with Crippen LogP contribution < -0.4 is 0 Å². The Hall–Kier alpha value is -2.29. The lowest BCUT2D eigenvalue weighted by molar-refractivity contribution is 0.112.